The number of nitrogens with one attached hydrogen (secondary N) is 1. The summed E-state index contributed by atoms with van der Waals surface area (Å²) < 4.78 is 11.3. The first kappa shape index (κ1) is 20.2. The Morgan fingerprint density at radius 2 is 1.93 bits per heavy atom. The van der Waals surface area contributed by atoms with Gasteiger partial charge < -0.3 is 30.3 Å². The molecule has 9 nitrogen and oxygen atoms in total. The van der Waals surface area contributed by atoms with Crippen molar-refractivity contribution in [1.29, 1.82) is 0 Å². The van der Waals surface area contributed by atoms with Crippen LogP contribution >= 0.6 is 11.3 Å². The number of carbonyl (C=O) groups is 3. The molecule has 1 atom stereocenters. The maximum atomic E-state index is 12.9. The summed E-state index contributed by atoms with van der Waals surface area (Å²) in [5, 5.41) is 4.85. The van der Waals surface area contributed by atoms with Gasteiger partial charge in [0.05, 0.1) is 37.6 Å². The normalized spacial score (nSPS) is 18.3. The van der Waals surface area contributed by atoms with Crippen LogP contribution in [0.25, 0.3) is 0 Å². The number of hydrogen-bond donors (Lipinski definition) is 2. The fraction of sp³-hybridized carbons (Fsp3) is 0.350. The molecule has 3 amide bonds. The maximum Gasteiger partial charge on any atom is 0.265 e. The third-order valence-electron chi connectivity index (χ3n) is 4.98. The second-order valence-electron chi connectivity index (χ2n) is 6.97. The molecule has 0 radical (unpaired) electrons. The number of morpholine rings is 1. The molecule has 1 unspecified atom stereocenters. The van der Waals surface area contributed by atoms with Crippen LogP contribution in [0.3, 0.4) is 0 Å². The monoisotopic (exact) mass is 430 g/mol. The number of fused-ring (bicyclic) bond motifs is 1. The van der Waals surface area contributed by atoms with Gasteiger partial charge in [0.25, 0.3) is 11.8 Å². The van der Waals surface area contributed by atoms with E-state index in [0.717, 1.165) is 5.69 Å². The second-order valence-corrected chi connectivity index (χ2v) is 7.88. The van der Waals surface area contributed by atoms with Crippen LogP contribution in [0.15, 0.2) is 35.7 Å². The number of rotatable bonds is 5. The minimum absolute atomic E-state index is 0.00334. The molecule has 2 aromatic rings. The zero-order chi connectivity index (χ0) is 21.1. The Kier molecular flexibility index (Phi) is 5.86. The predicted molar refractivity (Wildman–Crippen MR) is 112 cm³/mol. The molecule has 2 aliphatic rings. The number of nitrogens with two attached hydrogens (primary N) is 1. The smallest absolute Gasteiger partial charge is 0.265 e. The maximum absolute atomic E-state index is 12.9. The van der Waals surface area contributed by atoms with Crippen molar-refractivity contribution in [3.05, 3.63) is 41.3 Å². The van der Waals surface area contributed by atoms with Crippen LogP contribution < -0.4 is 20.7 Å². The Bertz CT molecular complexity index is 956. The molecule has 3 N–H and O–H groups in total. The Morgan fingerprint density at radius 1 is 1.17 bits per heavy atom. The van der Waals surface area contributed by atoms with E-state index < -0.39 is 12.0 Å². The number of primary amides is 1. The average Bonchev–Trinajstić information content (AvgIpc) is 3.22. The Labute approximate surface area is 177 Å². The van der Waals surface area contributed by atoms with E-state index in [1.165, 1.54) is 11.3 Å². The van der Waals surface area contributed by atoms with Crippen molar-refractivity contribution in [3.63, 3.8) is 0 Å². The van der Waals surface area contributed by atoms with E-state index in [1.807, 2.05) is 23.1 Å². The zero-order valence-corrected chi connectivity index (χ0v) is 17.0. The van der Waals surface area contributed by atoms with Crippen LogP contribution in [0.4, 0.5) is 10.7 Å². The Hall–Kier alpha value is -3.11. The molecule has 0 saturated carbocycles. The number of ether oxygens (including phenoxy) is 2. The number of amides is 3. The standard InChI is InChI=1S/C20H22N4O5S/c21-18(26)13-5-10-30-19(13)22-17(25)12-24-11-16(20(27)23-6-8-28-9-7-23)29-15-4-2-1-3-14(15)24/h1-5,10,16H,6-9,11-12H2,(H2,21,26)(H,22,25). The van der Waals surface area contributed by atoms with Gasteiger partial charge in [-0.05, 0) is 23.6 Å². The minimum Gasteiger partial charge on any atom is -0.477 e. The van der Waals surface area contributed by atoms with E-state index in [0.29, 0.717) is 37.1 Å². The lowest BCUT2D eigenvalue weighted by molar-refractivity contribution is -0.142. The highest BCUT2D eigenvalue weighted by atomic mass is 32.1. The molecule has 3 heterocycles. The van der Waals surface area contributed by atoms with Crippen molar-refractivity contribution in [2.75, 3.05) is 49.6 Å². The molecule has 0 aliphatic carbocycles. The molecule has 10 heteroatoms. The van der Waals surface area contributed by atoms with Crippen molar-refractivity contribution < 1.29 is 23.9 Å². The molecule has 4 rings (SSSR count). The summed E-state index contributed by atoms with van der Waals surface area (Å²) in [5.74, 6) is -0.474. The topological polar surface area (TPSA) is 114 Å². The van der Waals surface area contributed by atoms with Gasteiger partial charge in [0.2, 0.25) is 5.91 Å². The van der Waals surface area contributed by atoms with Crippen molar-refractivity contribution in [1.82, 2.24) is 4.90 Å². The molecule has 1 aromatic heterocycles. The number of nitrogens with zero attached hydrogens (tertiary/aromatic N) is 2. The SMILES string of the molecule is NC(=O)c1ccsc1NC(=O)CN1CC(C(=O)N2CCOCC2)Oc2ccccc21. The third-order valence-corrected chi connectivity index (χ3v) is 5.81. The number of anilines is 2. The molecule has 1 saturated heterocycles. The largest absolute Gasteiger partial charge is 0.477 e. The molecule has 1 fully saturated rings. The lowest BCUT2D eigenvalue weighted by Gasteiger charge is -2.38. The van der Waals surface area contributed by atoms with Crippen molar-refractivity contribution >= 4 is 39.7 Å². The van der Waals surface area contributed by atoms with Crippen LogP contribution in [-0.2, 0) is 14.3 Å². The number of carbonyl (C=O) groups excluding carboxylic acids is 3. The van der Waals surface area contributed by atoms with Crippen LogP contribution in [0.1, 0.15) is 10.4 Å². The summed E-state index contributed by atoms with van der Waals surface area (Å²) >= 11 is 1.23. The van der Waals surface area contributed by atoms with E-state index >= 15 is 0 Å². The fourth-order valence-corrected chi connectivity index (χ4v) is 4.32. The van der Waals surface area contributed by atoms with Crippen LogP contribution in [0, 0.1) is 0 Å². The molecule has 0 bridgehead atoms. The minimum atomic E-state index is -0.714. The van der Waals surface area contributed by atoms with Gasteiger partial charge in [-0.15, -0.1) is 11.3 Å². The van der Waals surface area contributed by atoms with Crippen LogP contribution in [0.2, 0.25) is 0 Å². The van der Waals surface area contributed by atoms with Gasteiger partial charge in [-0.25, -0.2) is 0 Å². The van der Waals surface area contributed by atoms with Crippen molar-refractivity contribution in [2.24, 2.45) is 5.73 Å². The number of benzene rings is 1. The molecule has 158 valence electrons. The summed E-state index contributed by atoms with van der Waals surface area (Å²) in [6.07, 6.45) is -0.714. The van der Waals surface area contributed by atoms with E-state index in [-0.39, 0.29) is 30.5 Å². The van der Waals surface area contributed by atoms with Gasteiger partial charge in [-0.2, -0.15) is 0 Å². The van der Waals surface area contributed by atoms with Gasteiger partial charge in [0.15, 0.2) is 6.10 Å². The lowest BCUT2D eigenvalue weighted by Crippen LogP contribution is -2.53. The van der Waals surface area contributed by atoms with Crippen molar-refractivity contribution in [3.8, 4) is 5.75 Å². The first-order valence-corrected chi connectivity index (χ1v) is 10.4. The zero-order valence-electron chi connectivity index (χ0n) is 16.2. The molecule has 30 heavy (non-hydrogen) atoms. The summed E-state index contributed by atoms with van der Waals surface area (Å²) in [6, 6.07) is 8.87. The highest BCUT2D eigenvalue weighted by Crippen LogP contribution is 2.33. The first-order valence-electron chi connectivity index (χ1n) is 9.57. The first-order chi connectivity index (χ1) is 14.5. The molecular formula is C20H22N4O5S. The summed E-state index contributed by atoms with van der Waals surface area (Å²) in [4.78, 5) is 40.7. The summed E-state index contributed by atoms with van der Waals surface area (Å²) in [6.45, 7) is 2.30. The molecule has 1 aromatic carbocycles. The van der Waals surface area contributed by atoms with E-state index in [1.54, 1.807) is 22.4 Å². The average molecular weight is 430 g/mol. The van der Waals surface area contributed by atoms with Gasteiger partial charge in [0.1, 0.15) is 10.8 Å². The highest BCUT2D eigenvalue weighted by molar-refractivity contribution is 7.14. The van der Waals surface area contributed by atoms with Crippen molar-refractivity contribution in [2.45, 2.75) is 6.10 Å². The van der Waals surface area contributed by atoms with E-state index in [4.69, 9.17) is 15.2 Å². The van der Waals surface area contributed by atoms with Gasteiger partial charge in [-0.1, -0.05) is 12.1 Å². The number of para-hydroxylation sites is 2. The highest BCUT2D eigenvalue weighted by Gasteiger charge is 2.34. The molecular weight excluding hydrogens is 408 g/mol. The van der Waals surface area contributed by atoms with E-state index in [9.17, 15) is 14.4 Å². The van der Waals surface area contributed by atoms with Crippen LogP contribution in [0.5, 0.6) is 5.75 Å². The predicted octanol–water partition coefficient (Wildman–Crippen LogP) is 0.912. The molecule has 0 spiro atoms. The fourth-order valence-electron chi connectivity index (χ4n) is 3.51. The quantitative estimate of drug-likeness (QED) is 0.729. The number of hydrogen-bond acceptors (Lipinski definition) is 7. The van der Waals surface area contributed by atoms with Gasteiger partial charge in [-0.3, -0.25) is 14.4 Å². The van der Waals surface area contributed by atoms with Crippen LogP contribution in [-0.4, -0.2) is 68.1 Å². The summed E-state index contributed by atoms with van der Waals surface area (Å²) in [5.41, 5.74) is 6.35. The third kappa shape index (κ3) is 4.24. The Morgan fingerprint density at radius 3 is 2.70 bits per heavy atom. The van der Waals surface area contributed by atoms with Gasteiger partial charge >= 0.3 is 0 Å². The second kappa shape index (κ2) is 8.72. The Balaban J connectivity index is 1.49. The summed E-state index contributed by atoms with van der Waals surface area (Å²) in [7, 11) is 0. The van der Waals surface area contributed by atoms with E-state index in [2.05, 4.69) is 5.32 Å². The molecule has 2 aliphatic heterocycles. The number of thiophene rings is 1. The lowest BCUT2D eigenvalue weighted by atomic mass is 10.1. The van der Waals surface area contributed by atoms with Gasteiger partial charge in [0, 0.05) is 13.1 Å².